The maximum Gasteiger partial charge on any atom is 0.397 e. The van der Waals surface area contributed by atoms with Crippen LogP contribution in [0.25, 0.3) is 0 Å². The molecule has 1 aromatic carbocycles. The minimum absolute atomic E-state index is 0.962. The van der Waals surface area contributed by atoms with Crippen LogP contribution in [0.3, 0.4) is 0 Å². The number of fused-ring (bicyclic) bond motifs is 1. The van der Waals surface area contributed by atoms with E-state index in [1.807, 2.05) is 24.4 Å². The summed E-state index contributed by atoms with van der Waals surface area (Å²) < 4.78 is 0. The Kier molecular flexibility index (Phi) is 2.93. The zero-order chi connectivity index (χ0) is 12.4. The van der Waals surface area contributed by atoms with Crippen molar-refractivity contribution in [2.75, 3.05) is 16.2 Å². The summed E-state index contributed by atoms with van der Waals surface area (Å²) in [6.45, 7) is 3.22. The van der Waals surface area contributed by atoms with Gasteiger partial charge >= 0.3 is 7.55 Å². The van der Waals surface area contributed by atoms with E-state index >= 15 is 0 Å². The molecule has 3 nitrogen and oxygen atoms in total. The Bertz CT molecular complexity index is 530. The second-order valence-electron chi connectivity index (χ2n) is 4.36. The number of rotatable bonds is 3. The standard InChI is InChI=1S/C14H15BN3/c1-2-11-17-12-7-3-4-8-13(12)18(15-17)14-9-5-6-10-16-14/h3-10H,2,11H2,1H3. The van der Waals surface area contributed by atoms with E-state index in [1.165, 1.54) is 11.4 Å². The summed E-state index contributed by atoms with van der Waals surface area (Å²) in [6.07, 6.45) is 2.95. The van der Waals surface area contributed by atoms with Crippen LogP contribution in [0.1, 0.15) is 13.3 Å². The fourth-order valence-electron chi connectivity index (χ4n) is 2.27. The zero-order valence-electron chi connectivity index (χ0n) is 10.5. The average molecular weight is 236 g/mol. The molecular weight excluding hydrogens is 221 g/mol. The van der Waals surface area contributed by atoms with E-state index in [2.05, 4.69) is 53.3 Å². The Morgan fingerprint density at radius 2 is 1.83 bits per heavy atom. The molecule has 1 aliphatic heterocycles. The van der Waals surface area contributed by atoms with Crippen molar-refractivity contribution >= 4 is 24.7 Å². The lowest BCUT2D eigenvalue weighted by molar-refractivity contribution is 0.924. The maximum absolute atomic E-state index is 4.42. The van der Waals surface area contributed by atoms with Crippen LogP contribution in [-0.2, 0) is 0 Å². The lowest BCUT2D eigenvalue weighted by Crippen LogP contribution is -2.33. The molecule has 1 radical (unpaired) electrons. The first-order valence-electron chi connectivity index (χ1n) is 6.31. The van der Waals surface area contributed by atoms with Crippen LogP contribution in [0.4, 0.5) is 17.2 Å². The predicted octanol–water partition coefficient (Wildman–Crippen LogP) is 2.98. The monoisotopic (exact) mass is 236 g/mol. The molecule has 1 aliphatic rings. The molecular formula is C14H15BN3. The van der Waals surface area contributed by atoms with Crippen molar-refractivity contribution in [2.45, 2.75) is 13.3 Å². The van der Waals surface area contributed by atoms with Crippen molar-refractivity contribution in [3.8, 4) is 0 Å². The van der Waals surface area contributed by atoms with Crippen LogP contribution in [-0.4, -0.2) is 19.1 Å². The van der Waals surface area contributed by atoms with Gasteiger partial charge in [0.2, 0.25) is 0 Å². The van der Waals surface area contributed by atoms with Crippen LogP contribution < -0.4 is 9.62 Å². The molecule has 0 saturated carbocycles. The highest BCUT2D eigenvalue weighted by Gasteiger charge is 2.28. The molecule has 3 rings (SSSR count). The highest BCUT2D eigenvalue weighted by Crippen LogP contribution is 2.38. The molecule has 0 aliphatic carbocycles. The number of pyridine rings is 1. The normalized spacial score (nSPS) is 13.4. The van der Waals surface area contributed by atoms with Crippen molar-refractivity contribution in [3.05, 3.63) is 48.7 Å². The predicted molar refractivity (Wildman–Crippen MR) is 76.2 cm³/mol. The van der Waals surface area contributed by atoms with E-state index in [9.17, 15) is 0 Å². The van der Waals surface area contributed by atoms with Crippen molar-refractivity contribution in [2.24, 2.45) is 0 Å². The molecule has 0 atom stereocenters. The lowest BCUT2D eigenvalue weighted by atomic mass is 10.1. The Morgan fingerprint density at radius 3 is 2.56 bits per heavy atom. The first-order chi connectivity index (χ1) is 8.90. The molecule has 4 heteroatoms. The fourth-order valence-corrected chi connectivity index (χ4v) is 2.27. The fraction of sp³-hybridized carbons (Fsp3) is 0.214. The third-order valence-corrected chi connectivity index (χ3v) is 3.07. The highest BCUT2D eigenvalue weighted by atomic mass is 15.3. The van der Waals surface area contributed by atoms with Gasteiger partial charge in [-0.2, -0.15) is 0 Å². The molecule has 2 heterocycles. The molecule has 0 spiro atoms. The van der Waals surface area contributed by atoms with E-state index < -0.39 is 0 Å². The van der Waals surface area contributed by atoms with Gasteiger partial charge in [-0.3, -0.25) is 0 Å². The van der Waals surface area contributed by atoms with Gasteiger partial charge in [0.05, 0.1) is 5.69 Å². The quantitative estimate of drug-likeness (QED) is 0.763. The SMILES string of the molecule is CCCN1[B]N(c2ccccn2)c2ccccc21. The number of aromatic nitrogens is 1. The minimum Gasteiger partial charge on any atom is -0.397 e. The Balaban J connectivity index is 1.99. The summed E-state index contributed by atoms with van der Waals surface area (Å²) in [7, 11) is 2.14. The van der Waals surface area contributed by atoms with E-state index in [0.29, 0.717) is 0 Å². The van der Waals surface area contributed by atoms with Crippen LogP contribution >= 0.6 is 0 Å². The molecule has 2 aromatic rings. The molecule has 89 valence electrons. The van der Waals surface area contributed by atoms with Gasteiger partial charge in [0, 0.05) is 18.4 Å². The number of nitrogens with zero attached hydrogens (tertiary/aromatic N) is 3. The van der Waals surface area contributed by atoms with Gasteiger partial charge in [-0.25, -0.2) is 4.98 Å². The Hall–Kier alpha value is -1.97. The van der Waals surface area contributed by atoms with Gasteiger partial charge in [-0.1, -0.05) is 25.1 Å². The third-order valence-electron chi connectivity index (χ3n) is 3.07. The summed E-state index contributed by atoms with van der Waals surface area (Å²) in [5, 5.41) is 0. The molecule has 0 bridgehead atoms. The smallest absolute Gasteiger partial charge is 0.397 e. The lowest BCUT2D eigenvalue weighted by Gasteiger charge is -2.18. The van der Waals surface area contributed by atoms with Gasteiger partial charge in [-0.15, -0.1) is 0 Å². The van der Waals surface area contributed by atoms with Gasteiger partial charge in [0.1, 0.15) is 5.82 Å². The van der Waals surface area contributed by atoms with Gasteiger partial charge in [0.25, 0.3) is 0 Å². The van der Waals surface area contributed by atoms with E-state index in [4.69, 9.17) is 0 Å². The van der Waals surface area contributed by atoms with Crippen LogP contribution in [0.2, 0.25) is 0 Å². The average Bonchev–Trinajstić information content (AvgIpc) is 2.80. The minimum atomic E-state index is 0.962. The van der Waals surface area contributed by atoms with E-state index in [0.717, 1.165) is 18.8 Å². The molecule has 0 saturated heterocycles. The molecule has 0 amide bonds. The van der Waals surface area contributed by atoms with Crippen LogP contribution in [0.15, 0.2) is 48.7 Å². The largest absolute Gasteiger partial charge is 0.397 e. The summed E-state index contributed by atoms with van der Waals surface area (Å²) in [4.78, 5) is 8.85. The first-order valence-corrected chi connectivity index (χ1v) is 6.31. The third kappa shape index (κ3) is 1.84. The topological polar surface area (TPSA) is 19.4 Å². The molecule has 1 aromatic heterocycles. The summed E-state index contributed by atoms with van der Waals surface area (Å²) in [6, 6.07) is 14.4. The molecule has 18 heavy (non-hydrogen) atoms. The van der Waals surface area contributed by atoms with Gasteiger partial charge in [0.15, 0.2) is 0 Å². The summed E-state index contributed by atoms with van der Waals surface area (Å²) in [5.74, 6) is 0.962. The number of hydrogen-bond acceptors (Lipinski definition) is 3. The molecule has 0 unspecified atom stereocenters. The van der Waals surface area contributed by atoms with Crippen molar-refractivity contribution in [1.82, 2.24) is 4.98 Å². The first kappa shape index (κ1) is 11.1. The van der Waals surface area contributed by atoms with Gasteiger partial charge in [-0.05, 0) is 30.7 Å². The number of para-hydroxylation sites is 2. The number of hydrogen-bond donors (Lipinski definition) is 0. The van der Waals surface area contributed by atoms with Crippen molar-refractivity contribution in [1.29, 1.82) is 0 Å². The summed E-state index contributed by atoms with van der Waals surface area (Å²) in [5.41, 5.74) is 2.45. The zero-order valence-corrected chi connectivity index (χ0v) is 10.5. The second-order valence-corrected chi connectivity index (χ2v) is 4.36. The summed E-state index contributed by atoms with van der Waals surface area (Å²) >= 11 is 0. The Morgan fingerprint density at radius 1 is 1.06 bits per heavy atom. The van der Waals surface area contributed by atoms with Crippen LogP contribution in [0.5, 0.6) is 0 Å². The highest BCUT2D eigenvalue weighted by molar-refractivity contribution is 6.53. The van der Waals surface area contributed by atoms with Crippen molar-refractivity contribution in [3.63, 3.8) is 0 Å². The molecule has 0 N–H and O–H groups in total. The van der Waals surface area contributed by atoms with Crippen LogP contribution in [0, 0.1) is 0 Å². The Labute approximate surface area is 108 Å². The second kappa shape index (κ2) is 4.73. The van der Waals surface area contributed by atoms with E-state index in [-0.39, 0.29) is 0 Å². The number of benzene rings is 1. The van der Waals surface area contributed by atoms with E-state index in [1.54, 1.807) is 0 Å². The number of anilines is 3. The van der Waals surface area contributed by atoms with Gasteiger partial charge < -0.3 is 9.62 Å². The maximum atomic E-state index is 4.42. The van der Waals surface area contributed by atoms with Crippen molar-refractivity contribution < 1.29 is 0 Å². The molecule has 0 fully saturated rings.